The van der Waals surface area contributed by atoms with Crippen molar-refractivity contribution in [3.05, 3.63) is 23.5 Å². The molecule has 1 aromatic heterocycles. The molecule has 0 saturated carbocycles. The van der Waals surface area contributed by atoms with Gasteiger partial charge in [0.05, 0.1) is 30.7 Å². The number of carbonyl (C=O) groups excluding carboxylic acids is 2. The van der Waals surface area contributed by atoms with Crippen molar-refractivity contribution >= 4 is 23.6 Å². The van der Waals surface area contributed by atoms with E-state index in [1.165, 1.54) is 11.8 Å². The maximum atomic E-state index is 14.8. The minimum atomic E-state index is -4.68. The predicted molar refractivity (Wildman–Crippen MR) is 95.3 cm³/mol. The third kappa shape index (κ3) is 4.58. The van der Waals surface area contributed by atoms with E-state index in [4.69, 9.17) is 15.2 Å². The lowest BCUT2D eigenvalue weighted by atomic mass is 9.94. The molecular weight excluding hydrogens is 418 g/mol. The Kier molecular flexibility index (Phi) is 5.69. The summed E-state index contributed by atoms with van der Waals surface area (Å²) in [6.07, 6.45) is -6.01. The molecule has 7 nitrogen and oxygen atoms in total. The van der Waals surface area contributed by atoms with Crippen LogP contribution < -0.4 is 15.8 Å². The van der Waals surface area contributed by atoms with E-state index in [0.29, 0.717) is 11.5 Å². The number of nitrogens with zero attached hydrogens (tertiary/aromatic N) is 1. The summed E-state index contributed by atoms with van der Waals surface area (Å²) >= 11 is 1.50. The highest BCUT2D eigenvalue weighted by Crippen LogP contribution is 2.40. The number of hydrogen-bond donors (Lipinski definition) is 2. The molecule has 0 aliphatic carbocycles. The second-order valence-electron chi connectivity index (χ2n) is 7.20. The zero-order valence-electron chi connectivity index (χ0n) is 15.3. The van der Waals surface area contributed by atoms with Crippen LogP contribution in [0.15, 0.2) is 12.3 Å². The second-order valence-corrected chi connectivity index (χ2v) is 8.18. The molecule has 2 aliphatic rings. The van der Waals surface area contributed by atoms with Crippen LogP contribution in [-0.2, 0) is 15.2 Å². The van der Waals surface area contributed by atoms with Gasteiger partial charge in [-0.25, -0.2) is 4.39 Å². The standard InChI is InChI=1S/C17H19F4N3O4S/c1-9(17(19,20)21)28-12-2-11(23-4-10(12)16(18)5-27-6-16)14(26)24-15(3-13(22)25)7-29-8-15/h2,4,9H,3,5-8H2,1H3,(H2,22,25)(H,24,26)/t9-/m0/s1. The van der Waals surface area contributed by atoms with Gasteiger partial charge in [-0.1, -0.05) is 0 Å². The number of primary amides is 1. The van der Waals surface area contributed by atoms with Gasteiger partial charge >= 0.3 is 6.18 Å². The van der Waals surface area contributed by atoms with E-state index in [-0.39, 0.29) is 30.9 Å². The van der Waals surface area contributed by atoms with Crippen molar-refractivity contribution in [2.45, 2.75) is 36.8 Å². The number of thioether (sulfide) groups is 1. The van der Waals surface area contributed by atoms with Gasteiger partial charge in [0.2, 0.25) is 5.91 Å². The summed E-state index contributed by atoms with van der Waals surface area (Å²) in [4.78, 5) is 27.7. The molecule has 3 heterocycles. The van der Waals surface area contributed by atoms with Crippen LogP contribution in [0.4, 0.5) is 17.6 Å². The summed E-state index contributed by atoms with van der Waals surface area (Å²) in [7, 11) is 0. The Morgan fingerprint density at radius 1 is 1.41 bits per heavy atom. The van der Waals surface area contributed by atoms with Gasteiger partial charge in [-0.05, 0) is 6.92 Å². The third-order valence-electron chi connectivity index (χ3n) is 4.66. The molecule has 0 radical (unpaired) electrons. The second kappa shape index (κ2) is 7.63. The number of rotatable bonds is 7. The van der Waals surface area contributed by atoms with Crippen LogP contribution in [0.3, 0.4) is 0 Å². The Morgan fingerprint density at radius 2 is 2.07 bits per heavy atom. The Balaban J connectivity index is 1.87. The van der Waals surface area contributed by atoms with Crippen LogP contribution in [0.1, 0.15) is 29.4 Å². The highest BCUT2D eigenvalue weighted by Gasteiger charge is 2.46. The summed E-state index contributed by atoms with van der Waals surface area (Å²) in [5.74, 6) is -0.840. The third-order valence-corrected chi connectivity index (χ3v) is 6.17. The first-order valence-corrected chi connectivity index (χ1v) is 9.79. The van der Waals surface area contributed by atoms with E-state index in [2.05, 4.69) is 10.3 Å². The van der Waals surface area contributed by atoms with E-state index in [0.717, 1.165) is 19.2 Å². The highest BCUT2D eigenvalue weighted by molar-refractivity contribution is 8.00. The quantitative estimate of drug-likeness (QED) is 0.630. The number of pyridine rings is 1. The average Bonchev–Trinajstić information content (AvgIpc) is 2.56. The van der Waals surface area contributed by atoms with Gasteiger partial charge in [0.25, 0.3) is 5.91 Å². The molecule has 12 heteroatoms. The maximum Gasteiger partial charge on any atom is 0.425 e. The van der Waals surface area contributed by atoms with Crippen molar-refractivity contribution < 1.29 is 36.6 Å². The molecule has 160 valence electrons. The smallest absolute Gasteiger partial charge is 0.425 e. The fraction of sp³-hybridized carbons (Fsp3) is 0.588. The summed E-state index contributed by atoms with van der Waals surface area (Å²) in [5, 5.41) is 2.66. The van der Waals surface area contributed by atoms with Crippen LogP contribution >= 0.6 is 11.8 Å². The van der Waals surface area contributed by atoms with Crippen molar-refractivity contribution in [3.8, 4) is 5.75 Å². The number of hydrogen-bond acceptors (Lipinski definition) is 6. The first-order chi connectivity index (χ1) is 13.4. The van der Waals surface area contributed by atoms with E-state index in [9.17, 15) is 27.2 Å². The molecule has 0 unspecified atom stereocenters. The summed E-state index contributed by atoms with van der Waals surface area (Å²) in [6.45, 7) is 0.0748. The van der Waals surface area contributed by atoms with Crippen LogP contribution in [0, 0.1) is 0 Å². The molecule has 3 rings (SSSR count). The minimum absolute atomic E-state index is 0.0801. The Morgan fingerprint density at radius 3 is 2.52 bits per heavy atom. The monoisotopic (exact) mass is 437 g/mol. The van der Waals surface area contributed by atoms with Crippen LogP contribution in [-0.4, -0.2) is 59.3 Å². The van der Waals surface area contributed by atoms with Crippen molar-refractivity contribution in [2.75, 3.05) is 24.7 Å². The minimum Gasteiger partial charge on any atom is -0.481 e. The first kappa shape index (κ1) is 21.6. The van der Waals surface area contributed by atoms with Crippen molar-refractivity contribution in [1.29, 1.82) is 0 Å². The summed E-state index contributed by atoms with van der Waals surface area (Å²) in [5.41, 5.74) is 1.86. The maximum absolute atomic E-state index is 14.8. The molecule has 0 bridgehead atoms. The van der Waals surface area contributed by atoms with Crippen LogP contribution in [0.5, 0.6) is 5.75 Å². The number of nitrogens with two attached hydrogens (primary N) is 1. The largest absolute Gasteiger partial charge is 0.481 e. The molecule has 0 spiro atoms. The SMILES string of the molecule is C[C@H](Oc1cc(C(=O)NC2(CC(N)=O)CSC2)ncc1C1(F)COC1)C(F)(F)F. The topological polar surface area (TPSA) is 104 Å². The number of amides is 2. The predicted octanol–water partition coefficient (Wildman–Crippen LogP) is 1.70. The molecule has 1 atom stereocenters. The van der Waals surface area contributed by atoms with Gasteiger partial charge < -0.3 is 20.5 Å². The number of carbonyl (C=O) groups is 2. The summed E-state index contributed by atoms with van der Waals surface area (Å²) in [6, 6.07) is 0.969. The van der Waals surface area contributed by atoms with Gasteiger partial charge in [0.15, 0.2) is 11.8 Å². The Bertz CT molecular complexity index is 812. The Hall–Kier alpha value is -2.08. The number of halogens is 4. The number of alkyl halides is 4. The zero-order valence-corrected chi connectivity index (χ0v) is 16.2. The Labute approximate surface area is 167 Å². The van der Waals surface area contributed by atoms with Gasteiger partial charge in [0, 0.05) is 23.8 Å². The molecule has 0 aromatic carbocycles. The fourth-order valence-electron chi connectivity index (χ4n) is 2.89. The van der Waals surface area contributed by atoms with Gasteiger partial charge in [-0.15, -0.1) is 0 Å². The fourth-order valence-corrected chi connectivity index (χ4v) is 3.94. The van der Waals surface area contributed by atoms with Gasteiger partial charge in [0.1, 0.15) is 11.4 Å². The average molecular weight is 437 g/mol. The van der Waals surface area contributed by atoms with Gasteiger partial charge in [-0.2, -0.15) is 24.9 Å². The van der Waals surface area contributed by atoms with Crippen molar-refractivity contribution in [3.63, 3.8) is 0 Å². The highest BCUT2D eigenvalue weighted by atomic mass is 32.2. The van der Waals surface area contributed by atoms with Crippen LogP contribution in [0.25, 0.3) is 0 Å². The zero-order chi connectivity index (χ0) is 21.4. The lowest BCUT2D eigenvalue weighted by Gasteiger charge is -2.41. The molecule has 2 saturated heterocycles. The van der Waals surface area contributed by atoms with Crippen LogP contribution in [0.2, 0.25) is 0 Å². The normalized spacial score (nSPS) is 20.7. The molecular formula is C17H19F4N3O4S. The molecule has 2 aliphatic heterocycles. The number of nitrogens with one attached hydrogen (secondary N) is 1. The molecule has 3 N–H and O–H groups in total. The molecule has 2 amide bonds. The van der Waals surface area contributed by atoms with E-state index >= 15 is 0 Å². The lowest BCUT2D eigenvalue weighted by Crippen LogP contribution is -2.59. The summed E-state index contributed by atoms with van der Waals surface area (Å²) < 4.78 is 63.3. The van der Waals surface area contributed by atoms with E-state index in [1.54, 1.807) is 0 Å². The van der Waals surface area contributed by atoms with E-state index in [1.807, 2.05) is 0 Å². The van der Waals surface area contributed by atoms with Crippen molar-refractivity contribution in [2.24, 2.45) is 5.73 Å². The molecule has 1 aromatic rings. The first-order valence-electron chi connectivity index (χ1n) is 8.63. The number of aromatic nitrogens is 1. The van der Waals surface area contributed by atoms with Gasteiger partial charge in [-0.3, -0.25) is 14.6 Å². The lowest BCUT2D eigenvalue weighted by molar-refractivity contribution is -0.190. The molecule has 2 fully saturated rings. The van der Waals surface area contributed by atoms with Crippen molar-refractivity contribution in [1.82, 2.24) is 10.3 Å². The molecule has 29 heavy (non-hydrogen) atoms. The number of ether oxygens (including phenoxy) is 2. The van der Waals surface area contributed by atoms with E-state index < -0.39 is 41.1 Å².